The second-order valence-corrected chi connectivity index (χ2v) is 5.94. The molecule has 0 saturated heterocycles. The topological polar surface area (TPSA) is 25.2 Å². The van der Waals surface area contributed by atoms with E-state index in [0.717, 1.165) is 35.8 Å². The molecule has 0 atom stereocenters. The molecule has 19 heavy (non-hydrogen) atoms. The van der Waals surface area contributed by atoms with Gasteiger partial charge in [0.15, 0.2) is 5.58 Å². The molecular weight excluding hydrogens is 258 g/mol. The zero-order valence-electron chi connectivity index (χ0n) is 11.6. The second kappa shape index (κ2) is 5.18. The van der Waals surface area contributed by atoms with Crippen LogP contribution in [0.25, 0.3) is 11.0 Å². The van der Waals surface area contributed by atoms with Gasteiger partial charge in [0.1, 0.15) is 5.76 Å². The van der Waals surface area contributed by atoms with Crippen LogP contribution in [0.2, 0.25) is 5.02 Å². The Bertz CT molecular complexity index is 598. The number of fused-ring (bicyclic) bond motifs is 1. The SMILES string of the molecule is CCCc1c(CNC2CC2)oc2c(Cl)cc(C)cc12. The first-order valence-corrected chi connectivity index (χ1v) is 7.50. The summed E-state index contributed by atoms with van der Waals surface area (Å²) in [6, 6.07) is 4.86. The van der Waals surface area contributed by atoms with Gasteiger partial charge >= 0.3 is 0 Å². The molecule has 1 aromatic carbocycles. The van der Waals surface area contributed by atoms with Gasteiger partial charge < -0.3 is 9.73 Å². The van der Waals surface area contributed by atoms with Gasteiger partial charge in [0, 0.05) is 17.0 Å². The Balaban J connectivity index is 2.03. The van der Waals surface area contributed by atoms with E-state index in [1.165, 1.54) is 29.4 Å². The molecule has 1 heterocycles. The first kappa shape index (κ1) is 13.0. The largest absolute Gasteiger partial charge is 0.458 e. The van der Waals surface area contributed by atoms with Crippen LogP contribution in [0.1, 0.15) is 43.1 Å². The van der Waals surface area contributed by atoms with Gasteiger partial charge in [-0.1, -0.05) is 24.9 Å². The normalized spacial score (nSPS) is 15.3. The standard InChI is InChI=1S/C16H20ClNO/c1-3-4-12-13-7-10(2)8-14(17)16(13)19-15(12)9-18-11-5-6-11/h7-8,11,18H,3-6,9H2,1-2H3. The molecule has 2 nitrogen and oxygen atoms in total. The van der Waals surface area contributed by atoms with E-state index in [1.807, 2.05) is 6.07 Å². The van der Waals surface area contributed by atoms with Crippen LogP contribution in [0.15, 0.2) is 16.5 Å². The molecule has 3 rings (SSSR count). The zero-order valence-corrected chi connectivity index (χ0v) is 12.3. The van der Waals surface area contributed by atoms with Crippen molar-refractivity contribution in [3.05, 3.63) is 34.0 Å². The summed E-state index contributed by atoms with van der Waals surface area (Å²) in [7, 11) is 0. The lowest BCUT2D eigenvalue weighted by atomic mass is 10.0. The smallest absolute Gasteiger partial charge is 0.153 e. The highest BCUT2D eigenvalue weighted by atomic mass is 35.5. The Kier molecular flexibility index (Phi) is 3.55. The molecule has 0 radical (unpaired) electrons. The first-order valence-electron chi connectivity index (χ1n) is 7.12. The summed E-state index contributed by atoms with van der Waals surface area (Å²) in [5, 5.41) is 5.45. The van der Waals surface area contributed by atoms with Gasteiger partial charge in [0.05, 0.1) is 11.6 Å². The van der Waals surface area contributed by atoms with E-state index in [2.05, 4.69) is 25.2 Å². The number of hydrogen-bond acceptors (Lipinski definition) is 2. The van der Waals surface area contributed by atoms with Crippen molar-refractivity contribution < 1.29 is 4.42 Å². The maximum Gasteiger partial charge on any atom is 0.153 e. The van der Waals surface area contributed by atoms with Crippen LogP contribution >= 0.6 is 11.6 Å². The fourth-order valence-corrected chi connectivity index (χ4v) is 2.90. The molecule has 1 aromatic heterocycles. The highest BCUT2D eigenvalue weighted by Crippen LogP contribution is 2.33. The summed E-state index contributed by atoms with van der Waals surface area (Å²) in [6.07, 6.45) is 4.76. The van der Waals surface area contributed by atoms with Crippen LogP contribution in [-0.4, -0.2) is 6.04 Å². The summed E-state index contributed by atoms with van der Waals surface area (Å²) >= 11 is 6.31. The molecule has 1 saturated carbocycles. The average molecular weight is 278 g/mol. The van der Waals surface area contributed by atoms with E-state index in [1.54, 1.807) is 0 Å². The van der Waals surface area contributed by atoms with Crippen molar-refractivity contribution in [3.63, 3.8) is 0 Å². The van der Waals surface area contributed by atoms with E-state index in [4.69, 9.17) is 16.0 Å². The van der Waals surface area contributed by atoms with E-state index >= 15 is 0 Å². The Labute approximate surface area is 119 Å². The third kappa shape index (κ3) is 2.65. The molecule has 102 valence electrons. The number of furan rings is 1. The Morgan fingerprint density at radius 1 is 1.37 bits per heavy atom. The lowest BCUT2D eigenvalue weighted by molar-refractivity contribution is 0.506. The molecule has 0 spiro atoms. The average Bonchev–Trinajstić information content (AvgIpc) is 3.13. The molecule has 2 aromatic rings. The van der Waals surface area contributed by atoms with Gasteiger partial charge in [-0.25, -0.2) is 0 Å². The summed E-state index contributed by atoms with van der Waals surface area (Å²) in [6.45, 7) is 5.11. The summed E-state index contributed by atoms with van der Waals surface area (Å²) in [5.74, 6) is 1.07. The Hall–Kier alpha value is -0.990. The van der Waals surface area contributed by atoms with Crippen molar-refractivity contribution in [1.82, 2.24) is 5.32 Å². The molecule has 0 aliphatic heterocycles. The highest BCUT2D eigenvalue weighted by Gasteiger charge is 2.22. The maximum absolute atomic E-state index is 6.31. The van der Waals surface area contributed by atoms with Gasteiger partial charge in [-0.05, 0) is 43.9 Å². The van der Waals surface area contributed by atoms with Crippen LogP contribution in [0.5, 0.6) is 0 Å². The van der Waals surface area contributed by atoms with Crippen molar-refractivity contribution in [2.45, 2.75) is 52.1 Å². The van der Waals surface area contributed by atoms with Crippen molar-refractivity contribution >= 4 is 22.6 Å². The quantitative estimate of drug-likeness (QED) is 0.864. The van der Waals surface area contributed by atoms with E-state index in [0.29, 0.717) is 6.04 Å². The van der Waals surface area contributed by atoms with Crippen LogP contribution in [0, 0.1) is 6.92 Å². The fraction of sp³-hybridized carbons (Fsp3) is 0.500. The molecular formula is C16H20ClNO. The fourth-order valence-electron chi connectivity index (χ4n) is 2.58. The van der Waals surface area contributed by atoms with Crippen molar-refractivity contribution in [2.24, 2.45) is 0 Å². The monoisotopic (exact) mass is 277 g/mol. The number of benzene rings is 1. The number of aryl methyl sites for hydroxylation is 2. The van der Waals surface area contributed by atoms with Crippen LogP contribution in [-0.2, 0) is 13.0 Å². The van der Waals surface area contributed by atoms with E-state index in [-0.39, 0.29) is 0 Å². The minimum Gasteiger partial charge on any atom is -0.458 e. The summed E-state index contributed by atoms with van der Waals surface area (Å²) < 4.78 is 6.02. The van der Waals surface area contributed by atoms with Crippen molar-refractivity contribution in [1.29, 1.82) is 0 Å². The highest BCUT2D eigenvalue weighted by molar-refractivity contribution is 6.35. The predicted octanol–water partition coefficient (Wildman–Crippen LogP) is 4.60. The van der Waals surface area contributed by atoms with Crippen LogP contribution in [0.4, 0.5) is 0 Å². The summed E-state index contributed by atoms with van der Waals surface area (Å²) in [4.78, 5) is 0. The molecule has 1 aliphatic carbocycles. The maximum atomic E-state index is 6.31. The third-order valence-corrected chi connectivity index (χ3v) is 3.98. The number of nitrogens with one attached hydrogen (secondary N) is 1. The number of rotatable bonds is 5. The Morgan fingerprint density at radius 3 is 2.84 bits per heavy atom. The molecule has 1 aliphatic rings. The van der Waals surface area contributed by atoms with Crippen LogP contribution in [0.3, 0.4) is 0 Å². The number of hydrogen-bond donors (Lipinski definition) is 1. The lowest BCUT2D eigenvalue weighted by Crippen LogP contribution is -2.15. The lowest BCUT2D eigenvalue weighted by Gasteiger charge is -2.03. The minimum atomic E-state index is 0.694. The summed E-state index contributed by atoms with van der Waals surface area (Å²) in [5.41, 5.74) is 3.37. The minimum absolute atomic E-state index is 0.694. The van der Waals surface area contributed by atoms with Crippen molar-refractivity contribution in [2.75, 3.05) is 0 Å². The van der Waals surface area contributed by atoms with Gasteiger partial charge in [0.2, 0.25) is 0 Å². The van der Waals surface area contributed by atoms with E-state index in [9.17, 15) is 0 Å². The number of halogens is 1. The first-order chi connectivity index (χ1) is 9.19. The molecule has 0 unspecified atom stereocenters. The molecule has 3 heteroatoms. The molecule has 1 N–H and O–H groups in total. The second-order valence-electron chi connectivity index (χ2n) is 5.53. The third-order valence-electron chi connectivity index (χ3n) is 3.70. The molecule has 0 bridgehead atoms. The zero-order chi connectivity index (χ0) is 13.4. The van der Waals surface area contributed by atoms with Gasteiger partial charge in [-0.2, -0.15) is 0 Å². The molecule has 0 amide bonds. The van der Waals surface area contributed by atoms with E-state index < -0.39 is 0 Å². The molecule has 1 fully saturated rings. The van der Waals surface area contributed by atoms with Gasteiger partial charge in [-0.15, -0.1) is 0 Å². The van der Waals surface area contributed by atoms with Gasteiger partial charge in [-0.3, -0.25) is 0 Å². The Morgan fingerprint density at radius 2 is 2.16 bits per heavy atom. The predicted molar refractivity (Wildman–Crippen MR) is 79.8 cm³/mol. The van der Waals surface area contributed by atoms with Gasteiger partial charge in [0.25, 0.3) is 0 Å². The van der Waals surface area contributed by atoms with Crippen molar-refractivity contribution in [3.8, 4) is 0 Å². The van der Waals surface area contributed by atoms with Crippen LogP contribution < -0.4 is 5.32 Å².